The van der Waals surface area contributed by atoms with E-state index in [0.717, 1.165) is 0 Å². The second-order valence-corrected chi connectivity index (χ2v) is 1.81. The summed E-state index contributed by atoms with van der Waals surface area (Å²) in [6.45, 7) is 1.75. The maximum absolute atomic E-state index is 10.5. The van der Waals surface area contributed by atoms with Crippen LogP contribution in [0.5, 0.6) is 0 Å². The highest BCUT2D eigenvalue weighted by Crippen LogP contribution is 2.04. The molecule has 0 heterocycles. The molecule has 50 valence electrons. The lowest BCUT2D eigenvalue weighted by Crippen LogP contribution is -2.10. The van der Waals surface area contributed by atoms with Gasteiger partial charge in [-0.15, -0.1) is 0 Å². The molecule has 0 rings (SSSR count). The first kappa shape index (κ1) is 8.44. The van der Waals surface area contributed by atoms with E-state index in [1.54, 1.807) is 13.0 Å². The molecule has 4 heteroatoms. The summed E-state index contributed by atoms with van der Waals surface area (Å²) in [5.74, 6) is -1.16. The summed E-state index contributed by atoms with van der Waals surface area (Å²) < 4.78 is 4.15. The Balaban J connectivity index is 3.84. The van der Waals surface area contributed by atoms with E-state index in [2.05, 4.69) is 20.1 Å². The summed E-state index contributed by atoms with van der Waals surface area (Å²) in [6, 6.07) is 1.80. The van der Waals surface area contributed by atoms with Gasteiger partial charge < -0.3 is 3.83 Å². The van der Waals surface area contributed by atoms with Crippen LogP contribution in [0.4, 0.5) is 0 Å². The molecule has 0 aliphatic rings. The second-order valence-electron chi connectivity index (χ2n) is 1.49. The Bertz CT molecular complexity index is 140. The third-order valence-electron chi connectivity index (χ3n) is 0.925. The molecule has 1 unspecified atom stereocenters. The van der Waals surface area contributed by atoms with E-state index in [9.17, 15) is 4.79 Å². The topological polar surface area (TPSA) is 50.1 Å². The molecule has 0 bridgehead atoms. The Labute approximate surface area is 62.1 Å². The van der Waals surface area contributed by atoms with E-state index in [0.29, 0.717) is 6.42 Å². The molecule has 9 heavy (non-hydrogen) atoms. The van der Waals surface area contributed by atoms with Crippen LogP contribution in [0.1, 0.15) is 13.3 Å². The Hall–Kier alpha value is -0.560. The van der Waals surface area contributed by atoms with Gasteiger partial charge in [-0.3, -0.25) is 0 Å². The van der Waals surface area contributed by atoms with Crippen molar-refractivity contribution >= 4 is 22.2 Å². The van der Waals surface area contributed by atoms with Gasteiger partial charge in [0.25, 0.3) is 0 Å². The van der Waals surface area contributed by atoms with Crippen LogP contribution in [-0.4, -0.2) is 5.97 Å². The van der Waals surface area contributed by atoms with Crippen molar-refractivity contribution in [2.24, 2.45) is 5.92 Å². The minimum absolute atomic E-state index is 0.487. The van der Waals surface area contributed by atoms with E-state index in [1.165, 1.54) is 0 Å². The summed E-state index contributed by atoms with van der Waals surface area (Å²) >= 11 is 2.50. The van der Waals surface area contributed by atoms with Gasteiger partial charge in [0.2, 0.25) is 0 Å². The summed E-state index contributed by atoms with van der Waals surface area (Å²) in [5.41, 5.74) is 0. The quantitative estimate of drug-likeness (QED) is 0.664. The van der Waals surface area contributed by atoms with Gasteiger partial charge in [0, 0.05) is 0 Å². The van der Waals surface area contributed by atoms with Crippen molar-refractivity contribution in [3.05, 3.63) is 0 Å². The lowest BCUT2D eigenvalue weighted by Gasteiger charge is -1.97. The Morgan fingerprint density at radius 2 is 2.56 bits per heavy atom. The van der Waals surface area contributed by atoms with Gasteiger partial charge in [-0.25, -0.2) is 4.79 Å². The first-order chi connectivity index (χ1) is 4.26. The summed E-state index contributed by atoms with van der Waals surface area (Å²) in [5, 5.41) is 8.26. The molecular weight excluding hydrogens is 186 g/mol. The number of rotatable bonds is 2. The number of hydrogen-bond acceptors (Lipinski definition) is 3. The Morgan fingerprint density at radius 3 is 2.67 bits per heavy atom. The van der Waals surface area contributed by atoms with Crippen molar-refractivity contribution in [3.8, 4) is 6.07 Å². The van der Waals surface area contributed by atoms with Crippen LogP contribution < -0.4 is 0 Å². The standard InChI is InChI=1S/C5H6BrNO2/c1-2-4(3-7)5(8)9-6/h4H,2H2,1H3. The monoisotopic (exact) mass is 191 g/mol. The van der Waals surface area contributed by atoms with Crippen molar-refractivity contribution in [1.82, 2.24) is 0 Å². The molecule has 0 saturated carbocycles. The van der Waals surface area contributed by atoms with Crippen LogP contribution in [-0.2, 0) is 8.62 Å². The summed E-state index contributed by atoms with van der Waals surface area (Å²) in [7, 11) is 0. The van der Waals surface area contributed by atoms with Crippen LogP contribution in [0.25, 0.3) is 0 Å². The van der Waals surface area contributed by atoms with E-state index < -0.39 is 11.9 Å². The molecule has 0 aromatic rings. The molecule has 0 amide bonds. The van der Waals surface area contributed by atoms with E-state index in [-0.39, 0.29) is 0 Å². The van der Waals surface area contributed by atoms with Gasteiger partial charge in [0.05, 0.1) is 6.07 Å². The van der Waals surface area contributed by atoms with E-state index in [4.69, 9.17) is 5.26 Å². The summed E-state index contributed by atoms with van der Waals surface area (Å²) in [6.07, 6.45) is 0.487. The van der Waals surface area contributed by atoms with Gasteiger partial charge >= 0.3 is 5.97 Å². The zero-order valence-corrected chi connectivity index (χ0v) is 6.51. The fourth-order valence-electron chi connectivity index (χ4n) is 0.364. The third kappa shape index (κ3) is 2.47. The zero-order chi connectivity index (χ0) is 7.28. The summed E-state index contributed by atoms with van der Waals surface area (Å²) in [4.78, 5) is 10.5. The van der Waals surface area contributed by atoms with Crippen LogP contribution in [0, 0.1) is 17.2 Å². The minimum atomic E-state index is -0.635. The molecule has 0 fully saturated rings. The fourth-order valence-corrected chi connectivity index (χ4v) is 0.590. The SMILES string of the molecule is CCC(C#N)C(=O)OBr. The zero-order valence-electron chi connectivity index (χ0n) is 4.93. The first-order valence-corrected chi connectivity index (χ1v) is 3.13. The number of carbonyl (C=O) groups is 1. The largest absolute Gasteiger partial charge is 0.383 e. The van der Waals surface area contributed by atoms with Crippen LogP contribution in [0.2, 0.25) is 0 Å². The number of nitriles is 1. The predicted molar refractivity (Wildman–Crippen MR) is 34.4 cm³/mol. The van der Waals surface area contributed by atoms with Crippen molar-refractivity contribution in [1.29, 1.82) is 5.26 Å². The van der Waals surface area contributed by atoms with Crippen molar-refractivity contribution in [2.45, 2.75) is 13.3 Å². The average molecular weight is 192 g/mol. The fraction of sp³-hybridized carbons (Fsp3) is 0.600. The Kier molecular flexibility index (Phi) is 4.06. The van der Waals surface area contributed by atoms with Crippen molar-refractivity contribution in [2.75, 3.05) is 0 Å². The maximum Gasteiger partial charge on any atom is 0.334 e. The third-order valence-corrected chi connectivity index (χ3v) is 1.24. The molecule has 1 atom stereocenters. The number of halogens is 1. The molecule has 0 aromatic carbocycles. The lowest BCUT2D eigenvalue weighted by molar-refractivity contribution is -0.135. The predicted octanol–water partition coefficient (Wildman–Crippen LogP) is 1.39. The second kappa shape index (κ2) is 4.33. The molecule has 0 N–H and O–H groups in total. The Morgan fingerprint density at radius 1 is 2.00 bits per heavy atom. The smallest absolute Gasteiger partial charge is 0.334 e. The highest BCUT2D eigenvalue weighted by atomic mass is 79.9. The molecule has 0 radical (unpaired) electrons. The van der Waals surface area contributed by atoms with Gasteiger partial charge in [0.15, 0.2) is 16.3 Å². The molecule has 3 nitrogen and oxygen atoms in total. The van der Waals surface area contributed by atoms with Crippen molar-refractivity contribution < 1.29 is 8.62 Å². The highest BCUT2D eigenvalue weighted by Gasteiger charge is 2.15. The molecular formula is C5H6BrNO2. The van der Waals surface area contributed by atoms with Crippen LogP contribution in [0.3, 0.4) is 0 Å². The highest BCUT2D eigenvalue weighted by molar-refractivity contribution is 9.06. The van der Waals surface area contributed by atoms with Gasteiger partial charge in [-0.1, -0.05) is 6.92 Å². The minimum Gasteiger partial charge on any atom is -0.383 e. The molecule has 0 aromatic heterocycles. The molecule has 0 aliphatic carbocycles. The van der Waals surface area contributed by atoms with E-state index >= 15 is 0 Å². The van der Waals surface area contributed by atoms with Crippen LogP contribution >= 0.6 is 16.3 Å². The first-order valence-electron chi connectivity index (χ1n) is 2.48. The normalized spacial score (nSPS) is 11.7. The van der Waals surface area contributed by atoms with Gasteiger partial charge in [-0.2, -0.15) is 5.26 Å². The molecule has 0 spiro atoms. The lowest BCUT2D eigenvalue weighted by atomic mass is 10.1. The molecule has 0 aliphatic heterocycles. The maximum atomic E-state index is 10.5. The number of carbonyl (C=O) groups excluding carboxylic acids is 1. The van der Waals surface area contributed by atoms with Crippen LogP contribution in [0.15, 0.2) is 0 Å². The van der Waals surface area contributed by atoms with Gasteiger partial charge in [0.1, 0.15) is 5.92 Å². The molecule has 0 saturated heterocycles. The average Bonchev–Trinajstić information content (AvgIpc) is 1.90. The van der Waals surface area contributed by atoms with Crippen molar-refractivity contribution in [3.63, 3.8) is 0 Å². The van der Waals surface area contributed by atoms with E-state index in [1.807, 2.05) is 0 Å². The van der Waals surface area contributed by atoms with Gasteiger partial charge in [-0.05, 0) is 6.42 Å². The number of nitrogens with zero attached hydrogens (tertiary/aromatic N) is 1. The number of hydrogen-bond donors (Lipinski definition) is 0.